The third-order valence-electron chi connectivity index (χ3n) is 6.87. The van der Waals surface area contributed by atoms with Crippen LogP contribution in [0, 0.1) is 13.8 Å². The fraction of sp³-hybridized carbons (Fsp3) is 0.0556. The number of hydrogen-bond acceptors (Lipinski definition) is 1. The first-order valence-electron chi connectivity index (χ1n) is 12.7. The average Bonchev–Trinajstić information content (AvgIpc) is 2.94. The third-order valence-corrected chi connectivity index (χ3v) is 6.87. The van der Waals surface area contributed by atoms with Crippen LogP contribution in [-0.4, -0.2) is 0 Å². The Kier molecular flexibility index (Phi) is 6.04. The first-order chi connectivity index (χ1) is 18.1. The van der Waals surface area contributed by atoms with Crippen LogP contribution in [0.5, 0.6) is 11.5 Å². The van der Waals surface area contributed by atoms with Gasteiger partial charge in [0.2, 0.25) is 0 Å². The van der Waals surface area contributed by atoms with E-state index in [1.807, 2.05) is 6.07 Å². The molecule has 6 aromatic carbocycles. The molecule has 0 aliphatic heterocycles. The second kappa shape index (κ2) is 9.79. The Bertz CT molecular complexity index is 1730. The number of para-hydroxylation sites is 1. The van der Waals surface area contributed by atoms with Crippen molar-refractivity contribution < 1.29 is 4.74 Å². The molecular weight excluding hydrogens is 448 g/mol. The molecule has 0 N–H and O–H groups in total. The lowest BCUT2D eigenvalue weighted by Gasteiger charge is -2.15. The molecule has 6 rings (SSSR count). The minimum atomic E-state index is 0.844. The molecule has 37 heavy (non-hydrogen) atoms. The molecule has 0 bridgehead atoms. The molecule has 0 aliphatic rings. The Labute approximate surface area is 218 Å². The molecule has 0 aliphatic carbocycles. The number of ether oxygens (including phenoxy) is 1. The number of aryl methyl sites for hydroxylation is 2. The summed E-state index contributed by atoms with van der Waals surface area (Å²) in [5.41, 5.74) is 9.45. The molecule has 0 amide bonds. The lowest BCUT2D eigenvalue weighted by molar-refractivity contribution is 0.481. The van der Waals surface area contributed by atoms with Crippen molar-refractivity contribution >= 4 is 10.8 Å². The van der Waals surface area contributed by atoms with Crippen molar-refractivity contribution in [2.75, 3.05) is 0 Å². The van der Waals surface area contributed by atoms with E-state index >= 15 is 0 Å². The van der Waals surface area contributed by atoms with Gasteiger partial charge < -0.3 is 4.74 Å². The maximum Gasteiger partial charge on any atom is 0.138 e. The third kappa shape index (κ3) is 4.77. The second-order valence-corrected chi connectivity index (χ2v) is 9.59. The van der Waals surface area contributed by atoms with E-state index in [-0.39, 0.29) is 0 Å². The Balaban J connectivity index is 1.38. The van der Waals surface area contributed by atoms with E-state index in [1.165, 1.54) is 38.6 Å². The summed E-state index contributed by atoms with van der Waals surface area (Å²) < 4.78 is 6.54. The van der Waals surface area contributed by atoms with Gasteiger partial charge >= 0.3 is 0 Å². The van der Waals surface area contributed by atoms with E-state index in [0.29, 0.717) is 0 Å². The molecule has 1 nitrogen and oxygen atoms in total. The highest BCUT2D eigenvalue weighted by Crippen LogP contribution is 2.38. The van der Waals surface area contributed by atoms with Crippen molar-refractivity contribution in [3.05, 3.63) is 145 Å². The maximum atomic E-state index is 6.54. The predicted octanol–water partition coefficient (Wildman–Crippen LogP) is 10.2. The van der Waals surface area contributed by atoms with E-state index in [0.717, 1.165) is 28.2 Å². The molecule has 0 spiro atoms. The normalized spacial score (nSPS) is 11.0. The van der Waals surface area contributed by atoms with Crippen LogP contribution < -0.4 is 4.74 Å². The van der Waals surface area contributed by atoms with Crippen LogP contribution in [0.2, 0.25) is 0 Å². The fourth-order valence-electron chi connectivity index (χ4n) is 4.93. The highest BCUT2D eigenvalue weighted by molar-refractivity contribution is 5.84. The van der Waals surface area contributed by atoms with Crippen molar-refractivity contribution in [3.63, 3.8) is 0 Å². The quantitative estimate of drug-likeness (QED) is 0.240. The summed E-state index contributed by atoms with van der Waals surface area (Å²) in [5.74, 6) is 1.74. The fourth-order valence-corrected chi connectivity index (χ4v) is 4.93. The lowest BCUT2D eigenvalue weighted by Crippen LogP contribution is -1.92. The Morgan fingerprint density at radius 2 is 1.03 bits per heavy atom. The summed E-state index contributed by atoms with van der Waals surface area (Å²) in [6.07, 6.45) is 0. The molecule has 6 aromatic rings. The molecule has 178 valence electrons. The van der Waals surface area contributed by atoms with Crippen molar-refractivity contribution in [2.45, 2.75) is 13.8 Å². The largest absolute Gasteiger partial charge is 0.456 e. The topological polar surface area (TPSA) is 9.23 Å². The van der Waals surface area contributed by atoms with Crippen LogP contribution in [0.4, 0.5) is 0 Å². The van der Waals surface area contributed by atoms with Gasteiger partial charge in [0.15, 0.2) is 0 Å². The summed E-state index contributed by atoms with van der Waals surface area (Å²) in [4.78, 5) is 0. The Morgan fingerprint density at radius 1 is 0.432 bits per heavy atom. The van der Waals surface area contributed by atoms with Crippen LogP contribution in [0.3, 0.4) is 0 Å². The standard InChI is InChI=1S/C36H28O/c1-25-9-5-13-28(21-25)29-14-7-15-30(22-29)31-16-8-17-33(23-31)35-18-6-10-26(2)36(35)37-34-20-19-27-11-3-4-12-32(27)24-34/h3-24H,1-2H3. The summed E-state index contributed by atoms with van der Waals surface area (Å²) in [7, 11) is 0. The number of rotatable bonds is 5. The molecule has 0 radical (unpaired) electrons. The van der Waals surface area contributed by atoms with Gasteiger partial charge in [0.05, 0.1) is 0 Å². The van der Waals surface area contributed by atoms with Crippen LogP contribution in [-0.2, 0) is 0 Å². The van der Waals surface area contributed by atoms with E-state index in [1.54, 1.807) is 0 Å². The molecule has 0 unspecified atom stereocenters. The number of benzene rings is 6. The minimum absolute atomic E-state index is 0.844. The SMILES string of the molecule is Cc1cccc(-c2cccc(-c3cccc(-c4cccc(C)c4Oc4ccc5ccccc5c4)c3)c2)c1. The average molecular weight is 477 g/mol. The zero-order chi connectivity index (χ0) is 25.2. The van der Waals surface area contributed by atoms with Gasteiger partial charge in [-0.3, -0.25) is 0 Å². The lowest BCUT2D eigenvalue weighted by atomic mass is 9.95. The van der Waals surface area contributed by atoms with E-state index < -0.39 is 0 Å². The molecule has 0 saturated heterocycles. The summed E-state index contributed by atoms with van der Waals surface area (Å²) in [5, 5.41) is 2.38. The molecule has 0 fully saturated rings. The van der Waals surface area contributed by atoms with Gasteiger partial charge in [-0.25, -0.2) is 0 Å². The van der Waals surface area contributed by atoms with Gasteiger partial charge in [0.25, 0.3) is 0 Å². The molecule has 0 aromatic heterocycles. The van der Waals surface area contributed by atoms with Crippen molar-refractivity contribution in [2.24, 2.45) is 0 Å². The zero-order valence-electron chi connectivity index (χ0n) is 21.1. The second-order valence-electron chi connectivity index (χ2n) is 9.59. The van der Waals surface area contributed by atoms with Crippen molar-refractivity contribution in [1.29, 1.82) is 0 Å². The first kappa shape index (κ1) is 22.8. The van der Waals surface area contributed by atoms with E-state index in [2.05, 4.69) is 141 Å². The van der Waals surface area contributed by atoms with Gasteiger partial charge in [0.1, 0.15) is 11.5 Å². The maximum absolute atomic E-state index is 6.54. The Morgan fingerprint density at radius 3 is 1.76 bits per heavy atom. The van der Waals surface area contributed by atoms with Crippen molar-refractivity contribution in [3.8, 4) is 44.9 Å². The highest BCUT2D eigenvalue weighted by atomic mass is 16.5. The molecule has 0 heterocycles. The van der Waals surface area contributed by atoms with Crippen LogP contribution >= 0.6 is 0 Å². The molecule has 0 atom stereocenters. The molecular formula is C36H28O. The Hall–Kier alpha value is -4.62. The van der Waals surface area contributed by atoms with E-state index in [4.69, 9.17) is 4.74 Å². The molecule has 0 saturated carbocycles. The van der Waals surface area contributed by atoms with Gasteiger partial charge in [-0.2, -0.15) is 0 Å². The van der Waals surface area contributed by atoms with Gasteiger partial charge in [-0.15, -0.1) is 0 Å². The first-order valence-corrected chi connectivity index (χ1v) is 12.7. The van der Waals surface area contributed by atoms with Gasteiger partial charge in [-0.1, -0.05) is 115 Å². The van der Waals surface area contributed by atoms with Gasteiger partial charge in [-0.05, 0) is 82.3 Å². The highest BCUT2D eigenvalue weighted by Gasteiger charge is 2.12. The minimum Gasteiger partial charge on any atom is -0.456 e. The summed E-state index contributed by atoms with van der Waals surface area (Å²) in [6, 6.07) is 47.2. The zero-order valence-corrected chi connectivity index (χ0v) is 21.1. The number of hydrogen-bond donors (Lipinski definition) is 0. The summed E-state index contributed by atoms with van der Waals surface area (Å²) >= 11 is 0. The van der Waals surface area contributed by atoms with Crippen molar-refractivity contribution in [1.82, 2.24) is 0 Å². The van der Waals surface area contributed by atoms with Crippen LogP contribution in [0.15, 0.2) is 133 Å². The van der Waals surface area contributed by atoms with Crippen LogP contribution in [0.1, 0.15) is 11.1 Å². The monoisotopic (exact) mass is 476 g/mol. The smallest absolute Gasteiger partial charge is 0.138 e. The number of fused-ring (bicyclic) bond motifs is 1. The molecule has 1 heteroatoms. The summed E-state index contributed by atoms with van der Waals surface area (Å²) in [6.45, 7) is 4.24. The van der Waals surface area contributed by atoms with E-state index in [9.17, 15) is 0 Å². The predicted molar refractivity (Wildman–Crippen MR) is 156 cm³/mol. The van der Waals surface area contributed by atoms with Crippen LogP contribution in [0.25, 0.3) is 44.2 Å². The van der Waals surface area contributed by atoms with Gasteiger partial charge in [0, 0.05) is 5.56 Å².